The number of hydrogen-bond donors (Lipinski definition) is 1. The van der Waals surface area contributed by atoms with Gasteiger partial charge in [-0.25, -0.2) is 0 Å². The summed E-state index contributed by atoms with van der Waals surface area (Å²) < 4.78 is 0. The van der Waals surface area contributed by atoms with E-state index >= 15 is 0 Å². The van der Waals surface area contributed by atoms with E-state index in [1.54, 1.807) is 11.8 Å². The highest BCUT2D eigenvalue weighted by atomic mass is 16.2. The molecule has 0 bridgehead atoms. The van der Waals surface area contributed by atoms with E-state index in [0.717, 1.165) is 32.4 Å². The highest BCUT2D eigenvalue weighted by molar-refractivity contribution is 5.87. The van der Waals surface area contributed by atoms with E-state index in [1.807, 2.05) is 6.07 Å². The third-order valence-corrected chi connectivity index (χ3v) is 5.36. The van der Waals surface area contributed by atoms with E-state index in [2.05, 4.69) is 41.4 Å². The molecule has 2 saturated heterocycles. The molecule has 2 aliphatic rings. The van der Waals surface area contributed by atoms with Gasteiger partial charge in [-0.2, -0.15) is 0 Å². The summed E-state index contributed by atoms with van der Waals surface area (Å²) in [4.78, 5) is 28.3. The van der Waals surface area contributed by atoms with Gasteiger partial charge in [-0.15, -0.1) is 0 Å². The molecular weight excluding hydrogens is 302 g/mol. The standard InChI is InChI=1S/C19H27N3O2/c1-14(16-7-4-3-5-8-16)21-12-10-17(13-21)20-19(24)18-9-6-11-22(18)15(2)23/h3-5,7-8,14,17-18H,6,9-13H2,1-2H3,(H,20,24)/t14-,17-,18-/m1/s1. The average molecular weight is 329 g/mol. The summed E-state index contributed by atoms with van der Waals surface area (Å²) >= 11 is 0. The van der Waals surface area contributed by atoms with Crippen LogP contribution in [0.4, 0.5) is 0 Å². The van der Waals surface area contributed by atoms with Gasteiger partial charge in [0.15, 0.2) is 0 Å². The van der Waals surface area contributed by atoms with Crippen LogP contribution in [0.5, 0.6) is 0 Å². The van der Waals surface area contributed by atoms with Crippen molar-refractivity contribution < 1.29 is 9.59 Å². The molecule has 130 valence electrons. The van der Waals surface area contributed by atoms with Crippen molar-refractivity contribution in [3.05, 3.63) is 35.9 Å². The van der Waals surface area contributed by atoms with Gasteiger partial charge in [-0.05, 0) is 31.7 Å². The van der Waals surface area contributed by atoms with Crippen LogP contribution in [-0.4, -0.2) is 53.3 Å². The fourth-order valence-electron chi connectivity index (χ4n) is 3.91. The number of likely N-dealkylation sites (tertiary alicyclic amines) is 2. The number of amides is 2. The van der Waals surface area contributed by atoms with Crippen LogP contribution in [0.15, 0.2) is 30.3 Å². The Labute approximate surface area is 144 Å². The van der Waals surface area contributed by atoms with Crippen molar-refractivity contribution >= 4 is 11.8 Å². The zero-order valence-corrected chi connectivity index (χ0v) is 14.6. The molecule has 0 spiro atoms. The fourth-order valence-corrected chi connectivity index (χ4v) is 3.91. The molecular formula is C19H27N3O2. The normalized spacial score (nSPS) is 25.7. The zero-order valence-electron chi connectivity index (χ0n) is 14.6. The Kier molecular flexibility index (Phi) is 5.19. The van der Waals surface area contributed by atoms with E-state index in [9.17, 15) is 9.59 Å². The molecule has 0 aromatic heterocycles. The molecule has 5 heteroatoms. The van der Waals surface area contributed by atoms with E-state index in [4.69, 9.17) is 0 Å². The van der Waals surface area contributed by atoms with Crippen LogP contribution in [0.3, 0.4) is 0 Å². The minimum atomic E-state index is -0.275. The van der Waals surface area contributed by atoms with E-state index in [-0.39, 0.29) is 23.9 Å². The molecule has 0 saturated carbocycles. The smallest absolute Gasteiger partial charge is 0.243 e. The average Bonchev–Trinajstić information content (AvgIpc) is 3.24. The van der Waals surface area contributed by atoms with Crippen LogP contribution in [0, 0.1) is 0 Å². The summed E-state index contributed by atoms with van der Waals surface area (Å²) in [6.45, 7) is 6.32. The lowest BCUT2D eigenvalue weighted by atomic mass is 10.1. The Morgan fingerprint density at radius 2 is 1.92 bits per heavy atom. The second-order valence-corrected chi connectivity index (χ2v) is 6.95. The first-order valence-corrected chi connectivity index (χ1v) is 8.93. The molecule has 2 heterocycles. The van der Waals surface area contributed by atoms with Gasteiger partial charge in [0, 0.05) is 38.6 Å². The first kappa shape index (κ1) is 17.0. The predicted octanol–water partition coefficient (Wildman–Crippen LogP) is 1.95. The molecule has 5 nitrogen and oxygen atoms in total. The van der Waals surface area contributed by atoms with Crippen molar-refractivity contribution in [1.82, 2.24) is 15.1 Å². The van der Waals surface area contributed by atoms with Crippen molar-refractivity contribution in [1.29, 1.82) is 0 Å². The van der Waals surface area contributed by atoms with Gasteiger partial charge in [0.2, 0.25) is 11.8 Å². The summed E-state index contributed by atoms with van der Waals surface area (Å²) in [6, 6.07) is 10.7. The summed E-state index contributed by atoms with van der Waals surface area (Å²) in [5.74, 6) is 0.0142. The molecule has 1 aromatic rings. The third-order valence-electron chi connectivity index (χ3n) is 5.36. The van der Waals surface area contributed by atoms with Gasteiger partial charge in [-0.3, -0.25) is 14.5 Å². The van der Waals surface area contributed by atoms with Gasteiger partial charge < -0.3 is 10.2 Å². The first-order valence-electron chi connectivity index (χ1n) is 8.93. The SMILES string of the molecule is CC(=O)N1CCC[C@@H]1C(=O)N[C@@H]1CCN([C@H](C)c2ccccc2)C1. The van der Waals surface area contributed by atoms with E-state index < -0.39 is 0 Å². The third kappa shape index (κ3) is 3.61. The molecule has 2 aliphatic heterocycles. The Bertz CT molecular complexity index is 590. The van der Waals surface area contributed by atoms with Crippen molar-refractivity contribution in [2.75, 3.05) is 19.6 Å². The van der Waals surface area contributed by atoms with Crippen molar-refractivity contribution in [2.45, 2.75) is 51.2 Å². The number of nitrogens with one attached hydrogen (secondary N) is 1. The van der Waals surface area contributed by atoms with E-state index in [1.165, 1.54) is 5.56 Å². The van der Waals surface area contributed by atoms with Gasteiger partial charge in [-0.1, -0.05) is 30.3 Å². The molecule has 1 N–H and O–H groups in total. The Hall–Kier alpha value is -1.88. The van der Waals surface area contributed by atoms with Crippen LogP contribution in [0.25, 0.3) is 0 Å². The number of carbonyl (C=O) groups excluding carboxylic acids is 2. The highest BCUT2D eigenvalue weighted by Crippen LogP contribution is 2.25. The molecule has 0 radical (unpaired) electrons. The molecule has 1 aromatic carbocycles. The monoisotopic (exact) mass is 329 g/mol. The topological polar surface area (TPSA) is 52.7 Å². The minimum absolute atomic E-state index is 0.00148. The van der Waals surface area contributed by atoms with E-state index in [0.29, 0.717) is 12.6 Å². The zero-order chi connectivity index (χ0) is 17.1. The molecule has 0 unspecified atom stereocenters. The fraction of sp³-hybridized carbons (Fsp3) is 0.579. The quantitative estimate of drug-likeness (QED) is 0.918. The molecule has 0 aliphatic carbocycles. The lowest BCUT2D eigenvalue weighted by molar-refractivity contribution is -0.137. The van der Waals surface area contributed by atoms with Crippen LogP contribution in [0.1, 0.15) is 44.7 Å². The summed E-state index contributed by atoms with van der Waals surface area (Å²) in [7, 11) is 0. The Morgan fingerprint density at radius 1 is 1.17 bits per heavy atom. The van der Waals surface area contributed by atoms with Crippen LogP contribution >= 0.6 is 0 Å². The first-order chi connectivity index (χ1) is 11.6. The van der Waals surface area contributed by atoms with Gasteiger partial charge in [0.1, 0.15) is 6.04 Å². The Morgan fingerprint density at radius 3 is 2.62 bits per heavy atom. The van der Waals surface area contributed by atoms with Crippen LogP contribution < -0.4 is 5.32 Å². The summed E-state index contributed by atoms with van der Waals surface area (Å²) in [5, 5.41) is 3.17. The number of carbonyl (C=O) groups is 2. The van der Waals surface area contributed by atoms with Gasteiger partial charge in [0.25, 0.3) is 0 Å². The second-order valence-electron chi connectivity index (χ2n) is 6.95. The van der Waals surface area contributed by atoms with Crippen LogP contribution in [0.2, 0.25) is 0 Å². The minimum Gasteiger partial charge on any atom is -0.350 e. The maximum atomic E-state index is 12.5. The molecule has 3 rings (SSSR count). The summed E-state index contributed by atoms with van der Waals surface area (Å²) in [6.07, 6.45) is 2.66. The van der Waals surface area contributed by atoms with Crippen molar-refractivity contribution in [3.63, 3.8) is 0 Å². The number of benzene rings is 1. The molecule has 24 heavy (non-hydrogen) atoms. The predicted molar refractivity (Wildman–Crippen MR) is 93.4 cm³/mol. The van der Waals surface area contributed by atoms with Crippen LogP contribution in [-0.2, 0) is 9.59 Å². The number of rotatable bonds is 4. The van der Waals surface area contributed by atoms with Crippen molar-refractivity contribution in [3.8, 4) is 0 Å². The van der Waals surface area contributed by atoms with Crippen molar-refractivity contribution in [2.24, 2.45) is 0 Å². The molecule has 3 atom stereocenters. The maximum Gasteiger partial charge on any atom is 0.243 e. The highest BCUT2D eigenvalue weighted by Gasteiger charge is 2.35. The second kappa shape index (κ2) is 7.34. The molecule has 2 amide bonds. The Balaban J connectivity index is 1.54. The number of nitrogens with zero attached hydrogens (tertiary/aromatic N) is 2. The maximum absolute atomic E-state index is 12.5. The van der Waals surface area contributed by atoms with Gasteiger partial charge >= 0.3 is 0 Å². The molecule has 2 fully saturated rings. The lowest BCUT2D eigenvalue weighted by Crippen LogP contribution is -2.49. The summed E-state index contributed by atoms with van der Waals surface area (Å²) in [5.41, 5.74) is 1.31. The largest absolute Gasteiger partial charge is 0.350 e. The van der Waals surface area contributed by atoms with Gasteiger partial charge in [0.05, 0.1) is 0 Å². The lowest BCUT2D eigenvalue weighted by Gasteiger charge is -2.26. The number of hydrogen-bond acceptors (Lipinski definition) is 3.